The second-order valence-electron chi connectivity index (χ2n) is 13.9. The van der Waals surface area contributed by atoms with Crippen molar-refractivity contribution in [1.82, 2.24) is 0 Å². The first-order valence-corrected chi connectivity index (χ1v) is 22.6. The van der Waals surface area contributed by atoms with E-state index in [1.54, 1.807) is 0 Å². The molecule has 0 aliphatic carbocycles. The summed E-state index contributed by atoms with van der Waals surface area (Å²) in [6, 6.07) is 4.89. The third kappa shape index (κ3) is 25.1. The average Bonchev–Trinajstić information content (AvgIpc) is 3.10. The van der Waals surface area contributed by atoms with Crippen molar-refractivity contribution in [3.63, 3.8) is 0 Å². The van der Waals surface area contributed by atoms with Crippen molar-refractivity contribution in [1.29, 1.82) is 0 Å². The number of aliphatic hydroxyl groups is 2. The molecule has 0 saturated heterocycles. The Labute approximate surface area is 323 Å². The quantitative estimate of drug-likeness (QED) is 0.0222. The summed E-state index contributed by atoms with van der Waals surface area (Å²) in [5, 5.41) is 21.3. The van der Waals surface area contributed by atoms with Crippen LogP contribution in [0.5, 0.6) is 0 Å². The topological polar surface area (TPSA) is 220 Å². The molecular weight excluding hydrogens is 745 g/mol. The summed E-state index contributed by atoms with van der Waals surface area (Å²) < 4.78 is 83.9. The molecule has 0 bridgehead atoms. The zero-order chi connectivity index (χ0) is 40.2. The minimum absolute atomic E-state index is 0.0279. The SMILES string of the molecule is CCCCCCCCCCCCCC(O)C(OC(=O)c1ccccc1C(=O)OC(OS(=O)(=O)O)C(O)CCCCCCCCCCCCC)OS(=O)(=O)O. The fourth-order valence-electron chi connectivity index (χ4n) is 6.05. The molecule has 54 heavy (non-hydrogen) atoms. The maximum atomic E-state index is 13.2. The van der Waals surface area contributed by atoms with Crippen LogP contribution in [0, 0.1) is 0 Å². The number of esters is 2. The second kappa shape index (κ2) is 29.1. The zero-order valence-electron chi connectivity index (χ0n) is 32.3. The Morgan fingerprint density at radius 3 is 1.02 bits per heavy atom. The lowest BCUT2D eigenvalue weighted by molar-refractivity contribution is -0.119. The molecular formula is C38H66O14S2. The van der Waals surface area contributed by atoms with E-state index >= 15 is 0 Å². The van der Waals surface area contributed by atoms with Gasteiger partial charge >= 0.3 is 32.7 Å². The Morgan fingerprint density at radius 2 is 0.759 bits per heavy atom. The van der Waals surface area contributed by atoms with Crippen molar-refractivity contribution < 1.29 is 63.6 Å². The number of hydrogen-bond acceptors (Lipinski definition) is 12. The molecule has 0 spiro atoms. The highest BCUT2D eigenvalue weighted by Gasteiger charge is 2.33. The van der Waals surface area contributed by atoms with Crippen LogP contribution in [0.25, 0.3) is 0 Å². The molecule has 0 aliphatic rings. The molecule has 0 saturated carbocycles. The molecule has 4 unspecified atom stereocenters. The molecule has 0 aliphatic heterocycles. The van der Waals surface area contributed by atoms with Crippen molar-refractivity contribution in [2.75, 3.05) is 0 Å². The lowest BCUT2D eigenvalue weighted by atomic mass is 10.0. The lowest BCUT2D eigenvalue weighted by Crippen LogP contribution is -2.37. The Bertz CT molecular complexity index is 1270. The van der Waals surface area contributed by atoms with E-state index in [2.05, 4.69) is 22.2 Å². The largest absolute Gasteiger partial charge is 0.428 e. The van der Waals surface area contributed by atoms with Gasteiger partial charge in [-0.2, -0.15) is 16.8 Å². The standard InChI is InChI=1S/C38H66O14S2/c1-3-5-7-9-11-13-15-17-19-21-23-29-33(39)37(51-53(43,44)45)49-35(41)31-27-25-26-28-32(31)36(42)50-38(52-54(46,47)48)34(40)30-24-22-20-18-16-14-12-10-8-6-4-2/h25-28,33-34,37-40H,3-24,29-30H2,1-2H3,(H,43,44,45)(H,46,47,48). The van der Waals surface area contributed by atoms with Gasteiger partial charge < -0.3 is 19.7 Å². The zero-order valence-corrected chi connectivity index (χ0v) is 33.9. The van der Waals surface area contributed by atoms with Crippen LogP contribution in [-0.4, -0.2) is 72.9 Å². The van der Waals surface area contributed by atoms with Gasteiger partial charge in [-0.25, -0.2) is 18.0 Å². The van der Waals surface area contributed by atoms with E-state index < -0.39 is 68.7 Å². The van der Waals surface area contributed by atoms with Crippen molar-refractivity contribution in [3.8, 4) is 0 Å². The van der Waals surface area contributed by atoms with Gasteiger partial charge in [-0.15, -0.1) is 0 Å². The first kappa shape index (κ1) is 49.8. The molecule has 1 aromatic carbocycles. The van der Waals surface area contributed by atoms with Crippen molar-refractivity contribution >= 4 is 32.7 Å². The summed E-state index contributed by atoms with van der Waals surface area (Å²) in [5.41, 5.74) is -1.00. The third-order valence-electron chi connectivity index (χ3n) is 9.08. The van der Waals surface area contributed by atoms with Crippen LogP contribution in [0.1, 0.15) is 189 Å². The van der Waals surface area contributed by atoms with Gasteiger partial charge in [0.25, 0.3) is 0 Å². The lowest BCUT2D eigenvalue weighted by Gasteiger charge is -2.23. The molecule has 16 heteroatoms. The number of rotatable bonds is 34. The maximum absolute atomic E-state index is 13.2. The van der Waals surface area contributed by atoms with Crippen LogP contribution < -0.4 is 0 Å². The van der Waals surface area contributed by atoms with Crippen molar-refractivity contribution in [2.24, 2.45) is 0 Å². The number of carbonyl (C=O) groups excluding carboxylic acids is 2. The Kier molecular flexibility index (Phi) is 26.9. The molecule has 314 valence electrons. The molecule has 0 heterocycles. The van der Waals surface area contributed by atoms with Gasteiger partial charge in [0.05, 0.1) is 11.1 Å². The van der Waals surface area contributed by atoms with Gasteiger partial charge in [0.15, 0.2) is 0 Å². The van der Waals surface area contributed by atoms with E-state index in [1.165, 1.54) is 76.3 Å². The highest BCUT2D eigenvalue weighted by atomic mass is 32.3. The maximum Gasteiger partial charge on any atom is 0.400 e. The first-order valence-electron chi connectivity index (χ1n) is 19.9. The van der Waals surface area contributed by atoms with Gasteiger partial charge in [-0.3, -0.25) is 9.11 Å². The fraction of sp³-hybridized carbons (Fsp3) is 0.789. The minimum Gasteiger partial charge on any atom is -0.428 e. The molecule has 0 fully saturated rings. The van der Waals surface area contributed by atoms with E-state index in [-0.39, 0.29) is 12.8 Å². The number of hydrogen-bond donors (Lipinski definition) is 4. The Balaban J connectivity index is 2.78. The predicted octanol–water partition coefficient (Wildman–Crippen LogP) is 8.42. The van der Waals surface area contributed by atoms with Gasteiger partial charge in [0.2, 0.25) is 12.6 Å². The second-order valence-corrected chi connectivity index (χ2v) is 16.0. The van der Waals surface area contributed by atoms with Crippen LogP contribution in [-0.2, 0) is 38.6 Å². The number of unbranched alkanes of at least 4 members (excludes halogenated alkanes) is 20. The molecule has 1 rings (SSSR count). The highest BCUT2D eigenvalue weighted by Crippen LogP contribution is 2.21. The van der Waals surface area contributed by atoms with Crippen molar-refractivity contribution in [3.05, 3.63) is 35.4 Å². The summed E-state index contributed by atoms with van der Waals surface area (Å²) in [4.78, 5) is 26.4. The normalized spacial score (nSPS) is 14.3. The van der Waals surface area contributed by atoms with Crippen LogP contribution in [0.3, 0.4) is 0 Å². The van der Waals surface area contributed by atoms with E-state index in [0.29, 0.717) is 25.7 Å². The van der Waals surface area contributed by atoms with E-state index in [4.69, 9.17) is 9.47 Å². The average molecular weight is 811 g/mol. The molecule has 4 N–H and O–H groups in total. The van der Waals surface area contributed by atoms with Crippen LogP contribution in [0.4, 0.5) is 0 Å². The predicted molar refractivity (Wildman–Crippen MR) is 204 cm³/mol. The van der Waals surface area contributed by atoms with Crippen LogP contribution in [0.2, 0.25) is 0 Å². The first-order chi connectivity index (χ1) is 25.7. The summed E-state index contributed by atoms with van der Waals surface area (Å²) >= 11 is 0. The number of benzene rings is 1. The summed E-state index contributed by atoms with van der Waals surface area (Å²) in [5.74, 6) is -2.69. The highest BCUT2D eigenvalue weighted by molar-refractivity contribution is 7.81. The molecule has 0 radical (unpaired) electrons. The van der Waals surface area contributed by atoms with Crippen molar-refractivity contribution in [2.45, 2.75) is 193 Å². The van der Waals surface area contributed by atoms with E-state index in [0.717, 1.165) is 63.5 Å². The summed E-state index contributed by atoms with van der Waals surface area (Å²) in [6.45, 7) is 4.35. The summed E-state index contributed by atoms with van der Waals surface area (Å²) in [6.07, 6.45) is 15.1. The molecule has 14 nitrogen and oxygen atoms in total. The van der Waals surface area contributed by atoms with Gasteiger partial charge in [-0.05, 0) is 25.0 Å². The number of aliphatic hydroxyl groups excluding tert-OH is 2. The fourth-order valence-corrected chi connectivity index (χ4v) is 6.86. The molecule has 0 aromatic heterocycles. The van der Waals surface area contributed by atoms with Crippen LogP contribution in [0.15, 0.2) is 24.3 Å². The van der Waals surface area contributed by atoms with Gasteiger partial charge in [-0.1, -0.05) is 167 Å². The molecule has 0 amide bonds. The number of carbonyl (C=O) groups is 2. The van der Waals surface area contributed by atoms with Gasteiger partial charge in [0.1, 0.15) is 12.2 Å². The van der Waals surface area contributed by atoms with Crippen LogP contribution >= 0.6 is 0 Å². The number of ether oxygens (including phenoxy) is 2. The van der Waals surface area contributed by atoms with E-state index in [1.807, 2.05) is 0 Å². The smallest absolute Gasteiger partial charge is 0.400 e. The van der Waals surface area contributed by atoms with Gasteiger partial charge in [0, 0.05) is 0 Å². The van der Waals surface area contributed by atoms with E-state index in [9.17, 15) is 45.7 Å². The third-order valence-corrected chi connectivity index (χ3v) is 9.95. The molecule has 1 aromatic rings. The Morgan fingerprint density at radius 1 is 0.500 bits per heavy atom. The summed E-state index contributed by atoms with van der Waals surface area (Å²) in [7, 11) is -10.4. The Hall–Kier alpha value is -2.18. The molecule has 4 atom stereocenters. The monoisotopic (exact) mass is 810 g/mol. The minimum atomic E-state index is -5.19.